The lowest BCUT2D eigenvalue weighted by atomic mass is 10.1. The summed E-state index contributed by atoms with van der Waals surface area (Å²) >= 11 is 0. The summed E-state index contributed by atoms with van der Waals surface area (Å²) < 4.78 is 16.0. The van der Waals surface area contributed by atoms with Crippen LogP contribution < -0.4 is 9.47 Å². The van der Waals surface area contributed by atoms with Crippen LogP contribution in [0.5, 0.6) is 11.5 Å². The first-order valence-corrected chi connectivity index (χ1v) is 7.62. The third kappa shape index (κ3) is 5.48. The SMILES string of the molecule is COCCN(Cc1cccc(OC)c1OC)CC(O)C(C)C. The molecule has 126 valence electrons. The Morgan fingerprint density at radius 3 is 2.41 bits per heavy atom. The van der Waals surface area contributed by atoms with Gasteiger partial charge in [0.05, 0.1) is 26.9 Å². The van der Waals surface area contributed by atoms with Gasteiger partial charge in [-0.3, -0.25) is 4.90 Å². The highest BCUT2D eigenvalue weighted by Crippen LogP contribution is 2.31. The molecule has 0 aromatic heterocycles. The summed E-state index contributed by atoms with van der Waals surface area (Å²) in [5, 5.41) is 10.2. The van der Waals surface area contributed by atoms with Crippen molar-refractivity contribution in [1.82, 2.24) is 4.90 Å². The van der Waals surface area contributed by atoms with Crippen molar-refractivity contribution in [2.45, 2.75) is 26.5 Å². The van der Waals surface area contributed by atoms with Crippen LogP contribution in [0.3, 0.4) is 0 Å². The van der Waals surface area contributed by atoms with Gasteiger partial charge in [-0.1, -0.05) is 26.0 Å². The number of methoxy groups -OCH3 is 3. The van der Waals surface area contributed by atoms with E-state index in [0.717, 1.165) is 23.6 Å². The van der Waals surface area contributed by atoms with E-state index in [1.807, 2.05) is 32.0 Å². The van der Waals surface area contributed by atoms with Gasteiger partial charge in [-0.25, -0.2) is 0 Å². The van der Waals surface area contributed by atoms with Crippen LogP contribution in [-0.4, -0.2) is 57.1 Å². The van der Waals surface area contributed by atoms with Crippen molar-refractivity contribution in [3.8, 4) is 11.5 Å². The number of nitrogens with zero attached hydrogens (tertiary/aromatic N) is 1. The molecule has 0 radical (unpaired) electrons. The van der Waals surface area contributed by atoms with Gasteiger partial charge in [0.1, 0.15) is 0 Å². The zero-order valence-electron chi connectivity index (χ0n) is 14.3. The lowest BCUT2D eigenvalue weighted by molar-refractivity contribution is 0.0588. The molecule has 0 saturated heterocycles. The number of benzene rings is 1. The Hall–Kier alpha value is -1.30. The summed E-state index contributed by atoms with van der Waals surface area (Å²) in [7, 11) is 4.96. The van der Waals surface area contributed by atoms with E-state index in [2.05, 4.69) is 4.90 Å². The number of para-hydroxylation sites is 1. The first-order valence-electron chi connectivity index (χ1n) is 7.62. The maximum atomic E-state index is 10.2. The van der Waals surface area contributed by atoms with Gasteiger partial charge in [0.15, 0.2) is 11.5 Å². The van der Waals surface area contributed by atoms with Crippen LogP contribution in [0.2, 0.25) is 0 Å². The molecular formula is C17H29NO4. The largest absolute Gasteiger partial charge is 0.493 e. The standard InChI is InChI=1S/C17H29NO4/c1-13(2)15(19)12-18(9-10-20-3)11-14-7-6-8-16(21-4)17(14)22-5/h6-8,13,15,19H,9-12H2,1-5H3. The van der Waals surface area contributed by atoms with E-state index in [-0.39, 0.29) is 12.0 Å². The Morgan fingerprint density at radius 1 is 1.14 bits per heavy atom. The van der Waals surface area contributed by atoms with E-state index in [1.54, 1.807) is 21.3 Å². The second kappa shape index (κ2) is 9.66. The summed E-state index contributed by atoms with van der Waals surface area (Å²) in [6.07, 6.45) is -0.367. The van der Waals surface area contributed by atoms with E-state index in [9.17, 15) is 5.11 Å². The normalized spacial score (nSPS) is 12.7. The number of aliphatic hydroxyl groups excluding tert-OH is 1. The maximum Gasteiger partial charge on any atom is 0.165 e. The molecule has 22 heavy (non-hydrogen) atoms. The molecule has 0 aliphatic carbocycles. The van der Waals surface area contributed by atoms with E-state index in [1.165, 1.54) is 0 Å². The van der Waals surface area contributed by atoms with Crippen LogP contribution in [0.15, 0.2) is 18.2 Å². The molecule has 5 nitrogen and oxygen atoms in total. The Bertz CT molecular complexity index is 437. The average Bonchev–Trinajstić information content (AvgIpc) is 2.51. The number of rotatable bonds is 10. The van der Waals surface area contributed by atoms with Crippen LogP contribution in [0.25, 0.3) is 0 Å². The molecule has 1 N–H and O–H groups in total. The van der Waals surface area contributed by atoms with Gasteiger partial charge in [0.25, 0.3) is 0 Å². The first kappa shape index (κ1) is 18.7. The zero-order chi connectivity index (χ0) is 16.5. The van der Waals surface area contributed by atoms with Crippen LogP contribution >= 0.6 is 0 Å². The molecule has 0 spiro atoms. The minimum Gasteiger partial charge on any atom is -0.493 e. The summed E-state index contributed by atoms with van der Waals surface area (Å²) in [6, 6.07) is 5.85. The Morgan fingerprint density at radius 2 is 1.86 bits per heavy atom. The molecule has 1 atom stereocenters. The van der Waals surface area contributed by atoms with Gasteiger partial charge in [-0.2, -0.15) is 0 Å². The fourth-order valence-corrected chi connectivity index (χ4v) is 2.25. The van der Waals surface area contributed by atoms with Crippen LogP contribution in [-0.2, 0) is 11.3 Å². The smallest absolute Gasteiger partial charge is 0.165 e. The topological polar surface area (TPSA) is 51.2 Å². The van der Waals surface area contributed by atoms with Crippen molar-refractivity contribution < 1.29 is 19.3 Å². The molecule has 0 fully saturated rings. The van der Waals surface area contributed by atoms with E-state index >= 15 is 0 Å². The van der Waals surface area contributed by atoms with E-state index in [0.29, 0.717) is 19.7 Å². The molecule has 0 heterocycles. The van der Waals surface area contributed by atoms with Gasteiger partial charge in [-0.05, 0) is 12.0 Å². The van der Waals surface area contributed by atoms with Crippen molar-refractivity contribution in [3.63, 3.8) is 0 Å². The third-order valence-corrected chi connectivity index (χ3v) is 3.70. The minimum atomic E-state index is -0.367. The molecule has 0 aliphatic heterocycles. The summed E-state index contributed by atoms with van der Waals surface area (Å²) in [5.74, 6) is 1.68. The molecule has 1 aromatic rings. The quantitative estimate of drug-likeness (QED) is 0.718. The Kier molecular flexibility index (Phi) is 8.24. The summed E-state index contributed by atoms with van der Waals surface area (Å²) in [4.78, 5) is 2.17. The van der Waals surface area contributed by atoms with Gasteiger partial charge in [-0.15, -0.1) is 0 Å². The number of ether oxygens (including phenoxy) is 3. The Balaban J connectivity index is 2.88. The van der Waals surface area contributed by atoms with Crippen molar-refractivity contribution in [3.05, 3.63) is 23.8 Å². The first-order chi connectivity index (χ1) is 10.5. The number of hydrogen-bond acceptors (Lipinski definition) is 5. The molecule has 1 rings (SSSR count). The average molecular weight is 311 g/mol. The lowest BCUT2D eigenvalue weighted by Crippen LogP contribution is -2.36. The fraction of sp³-hybridized carbons (Fsp3) is 0.647. The number of aliphatic hydroxyl groups is 1. The van der Waals surface area contributed by atoms with Crippen LogP contribution in [0.4, 0.5) is 0 Å². The molecule has 0 aliphatic rings. The molecule has 1 unspecified atom stereocenters. The second-order valence-corrected chi connectivity index (χ2v) is 5.69. The van der Waals surface area contributed by atoms with Crippen LogP contribution in [0.1, 0.15) is 19.4 Å². The molecular weight excluding hydrogens is 282 g/mol. The molecule has 5 heteroatoms. The fourth-order valence-electron chi connectivity index (χ4n) is 2.25. The summed E-state index contributed by atoms with van der Waals surface area (Å²) in [6.45, 7) is 6.68. The van der Waals surface area contributed by atoms with Gasteiger partial charge in [0, 0.05) is 32.3 Å². The molecule has 0 amide bonds. The predicted octanol–water partition coefficient (Wildman–Crippen LogP) is 2.17. The van der Waals surface area contributed by atoms with Crippen LogP contribution in [0, 0.1) is 5.92 Å². The van der Waals surface area contributed by atoms with Crippen molar-refractivity contribution >= 4 is 0 Å². The zero-order valence-corrected chi connectivity index (χ0v) is 14.3. The molecule has 0 bridgehead atoms. The maximum absolute atomic E-state index is 10.2. The van der Waals surface area contributed by atoms with E-state index < -0.39 is 0 Å². The van der Waals surface area contributed by atoms with Crippen molar-refractivity contribution in [2.24, 2.45) is 5.92 Å². The van der Waals surface area contributed by atoms with Gasteiger partial charge in [0.2, 0.25) is 0 Å². The summed E-state index contributed by atoms with van der Waals surface area (Å²) in [5.41, 5.74) is 1.04. The molecule has 1 aromatic carbocycles. The predicted molar refractivity (Wildman–Crippen MR) is 87.5 cm³/mol. The number of hydrogen-bond donors (Lipinski definition) is 1. The highest BCUT2D eigenvalue weighted by atomic mass is 16.5. The highest BCUT2D eigenvalue weighted by molar-refractivity contribution is 5.46. The van der Waals surface area contributed by atoms with Crippen molar-refractivity contribution in [2.75, 3.05) is 41.0 Å². The van der Waals surface area contributed by atoms with Crippen molar-refractivity contribution in [1.29, 1.82) is 0 Å². The van der Waals surface area contributed by atoms with Gasteiger partial charge >= 0.3 is 0 Å². The van der Waals surface area contributed by atoms with Gasteiger partial charge < -0.3 is 19.3 Å². The minimum absolute atomic E-state index is 0.220. The monoisotopic (exact) mass is 311 g/mol. The lowest BCUT2D eigenvalue weighted by Gasteiger charge is -2.27. The third-order valence-electron chi connectivity index (χ3n) is 3.70. The Labute approximate surface area is 133 Å². The van der Waals surface area contributed by atoms with E-state index in [4.69, 9.17) is 14.2 Å². The second-order valence-electron chi connectivity index (χ2n) is 5.69. The molecule has 0 saturated carbocycles. The highest BCUT2D eigenvalue weighted by Gasteiger charge is 2.18.